The molecule has 41 heavy (non-hydrogen) atoms. The number of H-pyrrole nitrogens is 1. The zero-order valence-electron chi connectivity index (χ0n) is 22.9. The van der Waals surface area contributed by atoms with E-state index < -0.39 is 0 Å². The van der Waals surface area contributed by atoms with Gasteiger partial charge in [-0.1, -0.05) is 48.5 Å². The summed E-state index contributed by atoms with van der Waals surface area (Å²) in [7, 11) is 0. The topological polar surface area (TPSA) is 65.6 Å². The quantitative estimate of drug-likeness (QED) is 0.182. The van der Waals surface area contributed by atoms with Crippen LogP contribution in [-0.4, -0.2) is 46.3 Å². The van der Waals surface area contributed by atoms with Crippen molar-refractivity contribution in [1.82, 2.24) is 14.8 Å². The highest BCUT2D eigenvalue weighted by Crippen LogP contribution is 2.21. The third-order valence-electron chi connectivity index (χ3n) is 6.92. The van der Waals surface area contributed by atoms with E-state index in [-0.39, 0.29) is 30.7 Å². The van der Waals surface area contributed by atoms with Crippen LogP contribution in [0.25, 0.3) is 10.9 Å². The van der Waals surface area contributed by atoms with Crippen LogP contribution in [-0.2, 0) is 24.3 Å². The molecule has 0 bridgehead atoms. The van der Waals surface area contributed by atoms with Gasteiger partial charge in [-0.25, -0.2) is 4.39 Å². The molecule has 0 saturated carbocycles. The number of aromatic nitrogens is 1. The standard InChI is InChI=1S/C33H32FN3O3S/c1-2-40-28-15-11-25(12-16-28)21-36(18-17-26-20-35-30-7-4-3-6-29(26)30)32(38)23-37(33(39)31-8-5-19-41-31)22-24-9-13-27(34)14-10-24/h3-16,19-20,35H,2,17-18,21-23H2,1H3. The summed E-state index contributed by atoms with van der Waals surface area (Å²) in [5.74, 6) is 0.0424. The Balaban J connectivity index is 1.38. The van der Waals surface area contributed by atoms with Crippen LogP contribution in [0.3, 0.4) is 0 Å². The smallest absolute Gasteiger partial charge is 0.264 e. The summed E-state index contributed by atoms with van der Waals surface area (Å²) in [6.45, 7) is 3.49. The van der Waals surface area contributed by atoms with E-state index in [9.17, 15) is 14.0 Å². The molecule has 1 N–H and O–H groups in total. The Morgan fingerprint density at radius 2 is 1.59 bits per heavy atom. The summed E-state index contributed by atoms with van der Waals surface area (Å²) >= 11 is 1.33. The molecule has 8 heteroatoms. The number of benzene rings is 3. The molecule has 2 amide bonds. The molecular weight excluding hydrogens is 537 g/mol. The van der Waals surface area contributed by atoms with Crippen molar-refractivity contribution in [3.05, 3.63) is 124 Å². The number of para-hydroxylation sites is 1. The van der Waals surface area contributed by atoms with Crippen LogP contribution in [0.1, 0.15) is 33.3 Å². The fourth-order valence-corrected chi connectivity index (χ4v) is 5.48. The number of hydrogen-bond donors (Lipinski definition) is 1. The largest absolute Gasteiger partial charge is 0.494 e. The molecule has 0 aliphatic rings. The Morgan fingerprint density at radius 3 is 2.29 bits per heavy atom. The monoisotopic (exact) mass is 569 g/mol. The number of halogens is 1. The first-order chi connectivity index (χ1) is 20.0. The highest BCUT2D eigenvalue weighted by atomic mass is 32.1. The van der Waals surface area contributed by atoms with Crippen LogP contribution in [0, 0.1) is 5.82 Å². The number of aromatic amines is 1. The average Bonchev–Trinajstić information content (AvgIpc) is 3.67. The van der Waals surface area contributed by atoms with Crippen molar-refractivity contribution < 1.29 is 18.7 Å². The van der Waals surface area contributed by atoms with Crippen molar-refractivity contribution in [1.29, 1.82) is 0 Å². The number of hydrogen-bond acceptors (Lipinski definition) is 4. The maximum absolute atomic E-state index is 13.9. The van der Waals surface area contributed by atoms with Gasteiger partial charge in [-0.2, -0.15) is 0 Å². The van der Waals surface area contributed by atoms with Gasteiger partial charge in [-0.3, -0.25) is 9.59 Å². The zero-order chi connectivity index (χ0) is 28.6. The second-order valence-electron chi connectivity index (χ2n) is 9.77. The van der Waals surface area contributed by atoms with Crippen LogP contribution in [0.4, 0.5) is 4.39 Å². The number of ether oxygens (including phenoxy) is 1. The molecule has 2 heterocycles. The Morgan fingerprint density at radius 1 is 0.878 bits per heavy atom. The number of amides is 2. The highest BCUT2D eigenvalue weighted by Gasteiger charge is 2.24. The van der Waals surface area contributed by atoms with E-state index in [0.717, 1.165) is 33.3 Å². The van der Waals surface area contributed by atoms with Gasteiger partial charge in [-0.15, -0.1) is 11.3 Å². The van der Waals surface area contributed by atoms with Gasteiger partial charge in [0.2, 0.25) is 5.91 Å². The number of fused-ring (bicyclic) bond motifs is 1. The average molecular weight is 570 g/mol. The number of carbonyl (C=O) groups is 2. The molecule has 0 radical (unpaired) electrons. The van der Waals surface area contributed by atoms with E-state index in [1.165, 1.54) is 28.4 Å². The highest BCUT2D eigenvalue weighted by molar-refractivity contribution is 7.12. The maximum Gasteiger partial charge on any atom is 0.264 e. The molecule has 6 nitrogen and oxygen atoms in total. The van der Waals surface area contributed by atoms with E-state index in [0.29, 0.717) is 31.0 Å². The maximum atomic E-state index is 13.9. The molecule has 5 aromatic rings. The number of nitrogens with zero attached hydrogens (tertiary/aromatic N) is 2. The third kappa shape index (κ3) is 7.21. The van der Waals surface area contributed by atoms with Crippen molar-refractivity contribution in [2.75, 3.05) is 19.7 Å². The van der Waals surface area contributed by atoms with Gasteiger partial charge < -0.3 is 19.5 Å². The molecule has 0 aliphatic carbocycles. The fourth-order valence-electron chi connectivity index (χ4n) is 4.79. The molecule has 0 atom stereocenters. The van der Waals surface area contributed by atoms with E-state index >= 15 is 0 Å². The van der Waals surface area contributed by atoms with E-state index in [1.807, 2.05) is 67.0 Å². The molecule has 210 valence electrons. The second-order valence-corrected chi connectivity index (χ2v) is 10.7. The number of rotatable bonds is 12. The van der Waals surface area contributed by atoms with Gasteiger partial charge in [0.15, 0.2) is 0 Å². The van der Waals surface area contributed by atoms with E-state index in [2.05, 4.69) is 11.1 Å². The lowest BCUT2D eigenvalue weighted by Crippen LogP contribution is -2.43. The Hall–Kier alpha value is -4.43. The summed E-state index contributed by atoms with van der Waals surface area (Å²) in [6.07, 6.45) is 2.65. The predicted octanol–water partition coefficient (Wildman–Crippen LogP) is 6.68. The van der Waals surface area contributed by atoms with Crippen molar-refractivity contribution in [3.8, 4) is 5.75 Å². The lowest BCUT2D eigenvalue weighted by atomic mass is 10.1. The van der Waals surface area contributed by atoms with Crippen LogP contribution in [0.5, 0.6) is 5.75 Å². The number of nitrogens with one attached hydrogen (secondary N) is 1. The molecule has 0 aliphatic heterocycles. The summed E-state index contributed by atoms with van der Waals surface area (Å²) in [5, 5.41) is 2.97. The molecule has 0 fully saturated rings. The molecule has 0 saturated heterocycles. The first kappa shape index (κ1) is 28.1. The first-order valence-electron chi connectivity index (χ1n) is 13.6. The molecule has 0 spiro atoms. The van der Waals surface area contributed by atoms with Crippen molar-refractivity contribution >= 4 is 34.1 Å². The number of carbonyl (C=O) groups excluding carboxylic acids is 2. The van der Waals surface area contributed by atoms with Gasteiger partial charge in [-0.05, 0) is 71.8 Å². The van der Waals surface area contributed by atoms with E-state index in [4.69, 9.17) is 4.74 Å². The van der Waals surface area contributed by atoms with Crippen LogP contribution < -0.4 is 4.74 Å². The van der Waals surface area contributed by atoms with Gasteiger partial charge in [0.1, 0.15) is 18.1 Å². The van der Waals surface area contributed by atoms with Crippen molar-refractivity contribution in [2.24, 2.45) is 0 Å². The van der Waals surface area contributed by atoms with Crippen LogP contribution in [0.15, 0.2) is 96.5 Å². The summed E-state index contributed by atoms with van der Waals surface area (Å²) in [4.78, 5) is 34.6. The Bertz CT molecular complexity index is 1580. The van der Waals surface area contributed by atoms with Gasteiger partial charge in [0.05, 0.1) is 11.5 Å². The third-order valence-corrected chi connectivity index (χ3v) is 7.78. The SMILES string of the molecule is CCOc1ccc(CN(CCc2c[nH]c3ccccc23)C(=O)CN(Cc2ccc(F)cc2)C(=O)c2cccs2)cc1. The first-order valence-corrected chi connectivity index (χ1v) is 14.5. The molecule has 3 aromatic carbocycles. The van der Waals surface area contributed by atoms with E-state index in [1.54, 1.807) is 23.1 Å². The summed E-state index contributed by atoms with van der Waals surface area (Å²) in [6, 6.07) is 25.4. The van der Waals surface area contributed by atoms with Crippen LogP contribution in [0.2, 0.25) is 0 Å². The molecule has 5 rings (SSSR count). The molecule has 0 unspecified atom stereocenters. The van der Waals surface area contributed by atoms with Gasteiger partial charge in [0, 0.05) is 36.7 Å². The van der Waals surface area contributed by atoms with Crippen LogP contribution >= 0.6 is 11.3 Å². The van der Waals surface area contributed by atoms with Crippen molar-refractivity contribution in [2.45, 2.75) is 26.4 Å². The van der Waals surface area contributed by atoms with Gasteiger partial charge >= 0.3 is 0 Å². The van der Waals surface area contributed by atoms with Crippen molar-refractivity contribution in [3.63, 3.8) is 0 Å². The minimum atomic E-state index is -0.347. The second kappa shape index (κ2) is 13.3. The fraction of sp³-hybridized carbons (Fsp3) is 0.212. The predicted molar refractivity (Wildman–Crippen MR) is 160 cm³/mol. The van der Waals surface area contributed by atoms with Gasteiger partial charge in [0.25, 0.3) is 5.91 Å². The summed E-state index contributed by atoms with van der Waals surface area (Å²) in [5.41, 5.74) is 3.90. The Labute approximate surface area is 243 Å². The minimum Gasteiger partial charge on any atom is -0.494 e. The molecule has 2 aromatic heterocycles. The Kier molecular flexibility index (Phi) is 9.11. The molecular formula is C33H32FN3O3S. The summed E-state index contributed by atoms with van der Waals surface area (Å²) < 4.78 is 19.1. The lowest BCUT2D eigenvalue weighted by Gasteiger charge is -2.28. The zero-order valence-corrected chi connectivity index (χ0v) is 23.7. The minimum absolute atomic E-state index is 0.0982. The normalized spacial score (nSPS) is 11.0. The lowest BCUT2D eigenvalue weighted by molar-refractivity contribution is -0.132. The number of thiophene rings is 1.